The minimum absolute atomic E-state index is 0.00286. The molecule has 6 nitrogen and oxygen atoms in total. The third-order valence-corrected chi connectivity index (χ3v) is 4.94. The fourth-order valence-electron chi connectivity index (χ4n) is 3.92. The standard InChI is InChI=1S/C19H30N4O2/c1-12(2)9-15-21-16-14(5-7-20-18(16)25)17(22-15)23-8-6-13(24)10-19(3,4)11-23/h12-13,24H,5-11H2,1-4H3,(H,20,25). The van der Waals surface area contributed by atoms with Crippen molar-refractivity contribution >= 4 is 11.7 Å². The average molecular weight is 346 g/mol. The second kappa shape index (κ2) is 6.90. The summed E-state index contributed by atoms with van der Waals surface area (Å²) < 4.78 is 0. The maximum atomic E-state index is 12.3. The smallest absolute Gasteiger partial charge is 0.270 e. The Balaban J connectivity index is 2.04. The molecule has 2 N–H and O–H groups in total. The van der Waals surface area contributed by atoms with E-state index in [0.29, 0.717) is 18.2 Å². The zero-order valence-corrected chi connectivity index (χ0v) is 15.8. The molecule has 3 rings (SSSR count). The van der Waals surface area contributed by atoms with Crippen LogP contribution in [0.25, 0.3) is 0 Å². The largest absolute Gasteiger partial charge is 0.393 e. The van der Waals surface area contributed by atoms with Crippen molar-refractivity contribution in [2.45, 2.75) is 59.5 Å². The summed E-state index contributed by atoms with van der Waals surface area (Å²) in [5.41, 5.74) is 1.50. The quantitative estimate of drug-likeness (QED) is 0.875. The minimum Gasteiger partial charge on any atom is -0.393 e. The van der Waals surface area contributed by atoms with Gasteiger partial charge in [-0.3, -0.25) is 4.79 Å². The molecule has 1 fully saturated rings. The summed E-state index contributed by atoms with van der Waals surface area (Å²) in [6.07, 6.45) is 2.76. The Bertz CT molecular complexity index is 657. The summed E-state index contributed by atoms with van der Waals surface area (Å²) in [4.78, 5) is 24.0. The molecule has 0 bridgehead atoms. The van der Waals surface area contributed by atoms with Gasteiger partial charge in [0.25, 0.3) is 5.91 Å². The number of rotatable bonds is 3. The van der Waals surface area contributed by atoms with Crippen LogP contribution in [0.15, 0.2) is 0 Å². The van der Waals surface area contributed by atoms with Crippen molar-refractivity contribution in [2.24, 2.45) is 11.3 Å². The van der Waals surface area contributed by atoms with Crippen molar-refractivity contribution in [2.75, 3.05) is 24.5 Å². The second-order valence-electron chi connectivity index (χ2n) is 8.63. The molecule has 0 aromatic carbocycles. The van der Waals surface area contributed by atoms with Crippen molar-refractivity contribution in [3.63, 3.8) is 0 Å². The van der Waals surface area contributed by atoms with Crippen LogP contribution >= 0.6 is 0 Å². The summed E-state index contributed by atoms with van der Waals surface area (Å²) in [6.45, 7) is 10.9. The van der Waals surface area contributed by atoms with Crippen molar-refractivity contribution in [1.29, 1.82) is 0 Å². The molecule has 2 aliphatic heterocycles. The SMILES string of the molecule is CC(C)Cc1nc2c(c(N3CCC(O)CC(C)(C)C3)n1)CCNC2=O. The molecule has 1 atom stereocenters. The van der Waals surface area contributed by atoms with Crippen LogP contribution in [0.2, 0.25) is 0 Å². The lowest BCUT2D eigenvalue weighted by atomic mass is 9.87. The number of nitrogens with zero attached hydrogens (tertiary/aromatic N) is 3. The molecule has 0 saturated carbocycles. The predicted octanol–water partition coefficient (Wildman–Crippen LogP) is 1.95. The Hall–Kier alpha value is -1.69. The molecule has 3 heterocycles. The second-order valence-corrected chi connectivity index (χ2v) is 8.63. The van der Waals surface area contributed by atoms with Gasteiger partial charge in [0.1, 0.15) is 17.3 Å². The first kappa shape index (κ1) is 18.1. The fraction of sp³-hybridized carbons (Fsp3) is 0.737. The van der Waals surface area contributed by atoms with Gasteiger partial charge in [-0.15, -0.1) is 0 Å². The van der Waals surface area contributed by atoms with Crippen LogP contribution < -0.4 is 10.2 Å². The number of aliphatic hydroxyl groups is 1. The minimum atomic E-state index is -0.281. The number of carbonyl (C=O) groups is 1. The zero-order valence-electron chi connectivity index (χ0n) is 15.8. The van der Waals surface area contributed by atoms with Crippen LogP contribution in [-0.4, -0.2) is 46.7 Å². The summed E-state index contributed by atoms with van der Waals surface area (Å²) in [5.74, 6) is 1.98. The number of anilines is 1. The molecule has 1 saturated heterocycles. The van der Waals surface area contributed by atoms with E-state index in [1.807, 2.05) is 0 Å². The maximum Gasteiger partial charge on any atom is 0.270 e. The van der Waals surface area contributed by atoms with Gasteiger partial charge in [-0.2, -0.15) is 0 Å². The molecule has 138 valence electrons. The van der Waals surface area contributed by atoms with Gasteiger partial charge < -0.3 is 15.3 Å². The number of hydrogen-bond donors (Lipinski definition) is 2. The summed E-state index contributed by atoms with van der Waals surface area (Å²) in [5, 5.41) is 13.1. The lowest BCUT2D eigenvalue weighted by molar-refractivity contribution is 0.0939. The topological polar surface area (TPSA) is 78.3 Å². The Kier molecular flexibility index (Phi) is 5.00. The highest BCUT2D eigenvalue weighted by Crippen LogP contribution is 2.33. The molecule has 1 unspecified atom stereocenters. The Morgan fingerprint density at radius 1 is 1.36 bits per heavy atom. The van der Waals surface area contributed by atoms with Gasteiger partial charge in [-0.25, -0.2) is 9.97 Å². The van der Waals surface area contributed by atoms with Gasteiger partial charge >= 0.3 is 0 Å². The number of hydrogen-bond acceptors (Lipinski definition) is 5. The van der Waals surface area contributed by atoms with Crippen molar-refractivity contribution in [3.8, 4) is 0 Å². The molecule has 1 aromatic heterocycles. The average Bonchev–Trinajstić information content (AvgIpc) is 2.64. The number of amides is 1. The highest BCUT2D eigenvalue weighted by atomic mass is 16.3. The van der Waals surface area contributed by atoms with Gasteiger partial charge in [-0.1, -0.05) is 27.7 Å². The van der Waals surface area contributed by atoms with Crippen LogP contribution in [-0.2, 0) is 12.8 Å². The van der Waals surface area contributed by atoms with Crippen LogP contribution in [0.1, 0.15) is 62.4 Å². The van der Waals surface area contributed by atoms with Crippen molar-refractivity contribution in [3.05, 3.63) is 17.1 Å². The van der Waals surface area contributed by atoms with E-state index in [-0.39, 0.29) is 17.4 Å². The summed E-state index contributed by atoms with van der Waals surface area (Å²) in [7, 11) is 0. The number of fused-ring (bicyclic) bond motifs is 1. The lowest BCUT2D eigenvalue weighted by Gasteiger charge is -2.33. The molecule has 1 amide bonds. The third-order valence-electron chi connectivity index (χ3n) is 4.94. The number of aromatic nitrogens is 2. The van der Waals surface area contributed by atoms with E-state index in [1.54, 1.807) is 0 Å². The molecule has 6 heteroatoms. The fourth-order valence-corrected chi connectivity index (χ4v) is 3.92. The Morgan fingerprint density at radius 3 is 2.84 bits per heavy atom. The van der Waals surface area contributed by atoms with Crippen LogP contribution in [0.3, 0.4) is 0 Å². The summed E-state index contributed by atoms with van der Waals surface area (Å²) in [6, 6.07) is 0. The van der Waals surface area contributed by atoms with Crippen LogP contribution in [0.4, 0.5) is 5.82 Å². The van der Waals surface area contributed by atoms with E-state index in [9.17, 15) is 9.90 Å². The monoisotopic (exact) mass is 346 g/mol. The Morgan fingerprint density at radius 2 is 2.12 bits per heavy atom. The van der Waals surface area contributed by atoms with E-state index in [4.69, 9.17) is 4.98 Å². The lowest BCUT2D eigenvalue weighted by Crippen LogP contribution is -2.38. The first-order valence-corrected chi connectivity index (χ1v) is 9.36. The van der Waals surface area contributed by atoms with Gasteiger partial charge in [0.15, 0.2) is 0 Å². The normalized spacial score (nSPS) is 23.2. The molecule has 0 radical (unpaired) electrons. The molecular formula is C19H30N4O2. The van der Waals surface area contributed by atoms with Gasteiger partial charge in [0.2, 0.25) is 0 Å². The summed E-state index contributed by atoms with van der Waals surface area (Å²) >= 11 is 0. The van der Waals surface area contributed by atoms with Gasteiger partial charge in [0.05, 0.1) is 6.10 Å². The highest BCUT2D eigenvalue weighted by molar-refractivity contribution is 5.96. The molecular weight excluding hydrogens is 316 g/mol. The highest BCUT2D eigenvalue weighted by Gasteiger charge is 2.33. The van der Waals surface area contributed by atoms with E-state index in [1.165, 1.54) is 0 Å². The van der Waals surface area contributed by atoms with E-state index in [0.717, 1.165) is 56.0 Å². The van der Waals surface area contributed by atoms with Crippen molar-refractivity contribution < 1.29 is 9.90 Å². The first-order valence-electron chi connectivity index (χ1n) is 9.36. The first-order chi connectivity index (χ1) is 11.7. The zero-order chi connectivity index (χ0) is 18.2. The third kappa shape index (κ3) is 4.11. The Labute approximate surface area is 150 Å². The van der Waals surface area contributed by atoms with Gasteiger partial charge in [0, 0.05) is 31.6 Å². The van der Waals surface area contributed by atoms with E-state index < -0.39 is 0 Å². The molecule has 25 heavy (non-hydrogen) atoms. The molecule has 1 aromatic rings. The molecule has 0 aliphatic carbocycles. The maximum absolute atomic E-state index is 12.3. The number of carbonyl (C=O) groups excluding carboxylic acids is 1. The predicted molar refractivity (Wildman–Crippen MR) is 97.8 cm³/mol. The van der Waals surface area contributed by atoms with E-state index >= 15 is 0 Å². The number of nitrogens with one attached hydrogen (secondary N) is 1. The number of aliphatic hydroxyl groups excluding tert-OH is 1. The van der Waals surface area contributed by atoms with Crippen molar-refractivity contribution in [1.82, 2.24) is 15.3 Å². The van der Waals surface area contributed by atoms with Crippen LogP contribution in [0.5, 0.6) is 0 Å². The van der Waals surface area contributed by atoms with Crippen LogP contribution in [0, 0.1) is 11.3 Å². The van der Waals surface area contributed by atoms with E-state index in [2.05, 4.69) is 42.9 Å². The van der Waals surface area contributed by atoms with Gasteiger partial charge in [-0.05, 0) is 30.6 Å². The molecule has 2 aliphatic rings. The molecule has 0 spiro atoms.